The summed E-state index contributed by atoms with van der Waals surface area (Å²) in [4.78, 5) is 16.8. The Morgan fingerprint density at radius 3 is 2.70 bits per heavy atom. The van der Waals surface area contributed by atoms with E-state index in [4.69, 9.17) is 15.3 Å². The van der Waals surface area contributed by atoms with Gasteiger partial charge in [-0.1, -0.05) is 11.8 Å². The topological polar surface area (TPSA) is 80.4 Å². The number of amides is 2. The van der Waals surface area contributed by atoms with Gasteiger partial charge in [-0.15, -0.1) is 0 Å². The van der Waals surface area contributed by atoms with E-state index in [-0.39, 0.29) is 35.1 Å². The third kappa shape index (κ3) is 3.81. The maximum Gasteiger partial charge on any atom is 0.365 e. The third-order valence-corrected chi connectivity index (χ3v) is 7.09. The number of hydrogen-bond acceptors (Lipinski definition) is 6. The Morgan fingerprint density at radius 2 is 2.00 bits per heavy atom. The molecule has 0 aromatic heterocycles. The van der Waals surface area contributed by atoms with Gasteiger partial charge in [0.05, 0.1) is 13.7 Å². The molecule has 33 heavy (non-hydrogen) atoms. The minimum absolute atomic E-state index is 0.00280. The summed E-state index contributed by atoms with van der Waals surface area (Å²) in [6.45, 7) is 0.179. The number of thioether (sulfide) groups is 1. The van der Waals surface area contributed by atoms with Gasteiger partial charge in [-0.25, -0.2) is 27.4 Å². The van der Waals surface area contributed by atoms with Gasteiger partial charge in [0.1, 0.15) is 22.4 Å². The summed E-state index contributed by atoms with van der Waals surface area (Å²) < 4.78 is 62.6. The Labute approximate surface area is 191 Å². The SMILES string of the molecule is CON(C)C(=O)N1N=C(c2cc(F)ccc2F)S[C@]12c1cc(F)c(F)cc1OC[C@@H]2CCN. The first-order chi connectivity index (χ1) is 15.7. The Morgan fingerprint density at radius 1 is 1.27 bits per heavy atom. The van der Waals surface area contributed by atoms with Crippen molar-refractivity contribution in [2.24, 2.45) is 16.8 Å². The Bertz CT molecular complexity index is 1130. The van der Waals surface area contributed by atoms with Gasteiger partial charge in [-0.3, -0.25) is 4.84 Å². The molecule has 2 aliphatic heterocycles. The Hall–Kier alpha value is -2.83. The molecule has 2 aromatic carbocycles. The molecule has 12 heteroatoms. The predicted octanol–water partition coefficient (Wildman–Crippen LogP) is 3.78. The third-order valence-electron chi connectivity index (χ3n) is 5.56. The maximum atomic E-state index is 14.6. The summed E-state index contributed by atoms with van der Waals surface area (Å²) in [5.74, 6) is -4.32. The van der Waals surface area contributed by atoms with Crippen LogP contribution in [0.5, 0.6) is 5.75 Å². The highest BCUT2D eigenvalue weighted by molar-refractivity contribution is 8.15. The van der Waals surface area contributed by atoms with Crippen LogP contribution in [-0.4, -0.2) is 48.5 Å². The average molecular weight is 484 g/mol. The summed E-state index contributed by atoms with van der Waals surface area (Å²) in [6.07, 6.45) is 0.306. The van der Waals surface area contributed by atoms with Crippen LogP contribution in [0, 0.1) is 29.2 Å². The minimum atomic E-state index is -1.49. The highest BCUT2D eigenvalue weighted by Crippen LogP contribution is 2.58. The molecule has 0 bridgehead atoms. The van der Waals surface area contributed by atoms with Crippen molar-refractivity contribution in [1.29, 1.82) is 0 Å². The monoisotopic (exact) mass is 484 g/mol. The van der Waals surface area contributed by atoms with Crippen molar-refractivity contribution < 1.29 is 31.9 Å². The van der Waals surface area contributed by atoms with E-state index < -0.39 is 40.1 Å². The number of ether oxygens (including phenoxy) is 1. The molecule has 2 N–H and O–H groups in total. The standard InChI is InChI=1S/C21H20F4N4O3S/c1-28(31-2)20(30)29-21(33-19(27-29)13-7-12(22)3-4-15(13)23)11(5-6-26)10-32-18-9-17(25)16(24)8-14(18)21/h3-4,7-9,11H,5-6,10,26H2,1-2H3/t11-,21+/m0/s1. The molecule has 0 fully saturated rings. The minimum Gasteiger partial charge on any atom is -0.493 e. The predicted molar refractivity (Wildman–Crippen MR) is 113 cm³/mol. The Balaban J connectivity index is 1.96. The van der Waals surface area contributed by atoms with E-state index in [2.05, 4.69) is 5.10 Å². The van der Waals surface area contributed by atoms with Gasteiger partial charge in [-0.2, -0.15) is 10.1 Å². The van der Waals surface area contributed by atoms with Crippen LogP contribution in [0.4, 0.5) is 22.4 Å². The van der Waals surface area contributed by atoms with Gasteiger partial charge in [0.2, 0.25) is 0 Å². The zero-order chi connectivity index (χ0) is 23.9. The second-order valence-electron chi connectivity index (χ2n) is 7.45. The molecule has 0 unspecified atom stereocenters. The van der Waals surface area contributed by atoms with Crippen LogP contribution in [-0.2, 0) is 9.71 Å². The van der Waals surface area contributed by atoms with Crippen LogP contribution < -0.4 is 10.5 Å². The van der Waals surface area contributed by atoms with Crippen molar-refractivity contribution in [3.8, 4) is 5.75 Å². The van der Waals surface area contributed by atoms with Crippen LogP contribution in [0.2, 0.25) is 0 Å². The molecule has 7 nitrogen and oxygen atoms in total. The molecule has 1 spiro atoms. The number of hydrazone groups is 1. The van der Waals surface area contributed by atoms with Crippen molar-refractivity contribution in [3.05, 3.63) is 64.7 Å². The summed E-state index contributed by atoms with van der Waals surface area (Å²) >= 11 is 0.921. The summed E-state index contributed by atoms with van der Waals surface area (Å²) in [5.41, 5.74) is 5.73. The van der Waals surface area contributed by atoms with Crippen molar-refractivity contribution in [2.75, 3.05) is 27.3 Å². The number of urea groups is 1. The molecule has 176 valence electrons. The van der Waals surface area contributed by atoms with Crippen molar-refractivity contribution in [1.82, 2.24) is 10.1 Å². The van der Waals surface area contributed by atoms with Gasteiger partial charge in [0.15, 0.2) is 16.5 Å². The molecule has 2 atom stereocenters. The largest absolute Gasteiger partial charge is 0.493 e. The average Bonchev–Trinajstić information content (AvgIpc) is 3.18. The number of rotatable bonds is 4. The van der Waals surface area contributed by atoms with E-state index in [1.807, 2.05) is 0 Å². The lowest BCUT2D eigenvalue weighted by Crippen LogP contribution is -2.54. The van der Waals surface area contributed by atoms with Gasteiger partial charge >= 0.3 is 6.03 Å². The van der Waals surface area contributed by atoms with Gasteiger partial charge in [0, 0.05) is 30.2 Å². The fraction of sp³-hybridized carbons (Fsp3) is 0.333. The van der Waals surface area contributed by atoms with E-state index in [1.54, 1.807) is 0 Å². The number of hydroxylamine groups is 2. The normalized spacial score (nSPS) is 21.6. The first kappa shape index (κ1) is 23.3. The maximum absolute atomic E-state index is 14.6. The van der Waals surface area contributed by atoms with Crippen LogP contribution >= 0.6 is 11.8 Å². The van der Waals surface area contributed by atoms with Gasteiger partial charge in [0.25, 0.3) is 0 Å². The summed E-state index contributed by atoms with van der Waals surface area (Å²) in [6, 6.07) is 3.89. The summed E-state index contributed by atoms with van der Waals surface area (Å²) in [5, 5.41) is 6.18. The number of carbonyl (C=O) groups is 1. The number of halogens is 4. The first-order valence-corrected chi connectivity index (χ1v) is 10.7. The lowest BCUT2D eigenvalue weighted by atomic mass is 9.86. The molecular formula is C21H20F4N4O3S. The molecule has 2 heterocycles. The van der Waals surface area contributed by atoms with Crippen LogP contribution in [0.25, 0.3) is 0 Å². The zero-order valence-electron chi connectivity index (χ0n) is 17.6. The summed E-state index contributed by atoms with van der Waals surface area (Å²) in [7, 11) is 2.59. The van der Waals surface area contributed by atoms with Crippen molar-refractivity contribution >= 4 is 22.8 Å². The molecular weight excluding hydrogens is 464 g/mol. The first-order valence-electron chi connectivity index (χ1n) is 9.90. The van der Waals surface area contributed by atoms with E-state index >= 15 is 0 Å². The van der Waals surface area contributed by atoms with Gasteiger partial charge in [-0.05, 0) is 37.2 Å². The number of hydrogen-bond donors (Lipinski definition) is 1. The van der Waals surface area contributed by atoms with Gasteiger partial charge < -0.3 is 10.5 Å². The molecule has 4 rings (SSSR count). The Kier molecular flexibility index (Phi) is 6.25. The highest BCUT2D eigenvalue weighted by atomic mass is 32.2. The highest BCUT2D eigenvalue weighted by Gasteiger charge is 2.58. The van der Waals surface area contributed by atoms with Crippen molar-refractivity contribution in [2.45, 2.75) is 11.3 Å². The quantitative estimate of drug-likeness (QED) is 0.528. The fourth-order valence-corrected chi connectivity index (χ4v) is 5.41. The van der Waals surface area contributed by atoms with Crippen LogP contribution in [0.1, 0.15) is 17.5 Å². The van der Waals surface area contributed by atoms with Crippen LogP contribution in [0.15, 0.2) is 35.4 Å². The van der Waals surface area contributed by atoms with E-state index in [1.165, 1.54) is 14.2 Å². The number of carbonyl (C=O) groups excluding carboxylic acids is 1. The van der Waals surface area contributed by atoms with E-state index in [9.17, 15) is 22.4 Å². The zero-order valence-corrected chi connectivity index (χ0v) is 18.5. The molecule has 0 saturated carbocycles. The fourth-order valence-electron chi connectivity index (χ4n) is 3.90. The lowest BCUT2D eigenvalue weighted by molar-refractivity contribution is -0.0846. The second kappa shape index (κ2) is 8.84. The molecule has 2 aromatic rings. The second-order valence-corrected chi connectivity index (χ2v) is 8.66. The van der Waals surface area contributed by atoms with E-state index in [0.29, 0.717) is 6.42 Å². The molecule has 0 saturated heterocycles. The molecule has 0 aliphatic carbocycles. The number of fused-ring (bicyclic) bond motifs is 2. The van der Waals surface area contributed by atoms with E-state index in [0.717, 1.165) is 52.2 Å². The van der Waals surface area contributed by atoms with Crippen molar-refractivity contribution in [3.63, 3.8) is 0 Å². The number of nitrogens with zero attached hydrogens (tertiary/aromatic N) is 3. The lowest BCUT2D eigenvalue weighted by Gasteiger charge is -2.45. The number of benzene rings is 2. The molecule has 2 amide bonds. The van der Waals surface area contributed by atoms with Crippen LogP contribution in [0.3, 0.4) is 0 Å². The molecule has 0 radical (unpaired) electrons. The number of nitrogens with two attached hydrogens (primary N) is 1. The molecule has 2 aliphatic rings. The smallest absolute Gasteiger partial charge is 0.365 e.